The summed E-state index contributed by atoms with van der Waals surface area (Å²) in [5.74, 6) is 2.40. The summed E-state index contributed by atoms with van der Waals surface area (Å²) >= 11 is 5.01. The van der Waals surface area contributed by atoms with Crippen molar-refractivity contribution in [3.8, 4) is 22.8 Å². The van der Waals surface area contributed by atoms with Crippen molar-refractivity contribution in [1.82, 2.24) is 25.0 Å². The summed E-state index contributed by atoms with van der Waals surface area (Å²) in [7, 11) is 1.95. The van der Waals surface area contributed by atoms with Crippen molar-refractivity contribution in [2.75, 3.05) is 0 Å². The first-order valence-corrected chi connectivity index (χ1v) is 9.65. The van der Waals surface area contributed by atoms with Gasteiger partial charge in [0.1, 0.15) is 0 Å². The Morgan fingerprint density at radius 1 is 0.962 bits per heavy atom. The zero-order valence-electron chi connectivity index (χ0n) is 13.8. The van der Waals surface area contributed by atoms with Crippen molar-refractivity contribution in [3.63, 3.8) is 0 Å². The van der Waals surface area contributed by atoms with E-state index in [4.69, 9.17) is 4.42 Å². The van der Waals surface area contributed by atoms with Crippen molar-refractivity contribution in [2.45, 2.75) is 10.9 Å². The van der Waals surface area contributed by atoms with Crippen molar-refractivity contribution in [1.29, 1.82) is 0 Å². The Morgan fingerprint density at radius 2 is 1.73 bits per heavy atom. The molecule has 130 valence electrons. The van der Waals surface area contributed by atoms with E-state index in [1.807, 2.05) is 66.2 Å². The fourth-order valence-electron chi connectivity index (χ4n) is 2.46. The molecule has 0 radical (unpaired) electrons. The molecule has 4 aromatic rings. The van der Waals surface area contributed by atoms with Gasteiger partial charge in [-0.3, -0.25) is 0 Å². The molecule has 2 heterocycles. The average Bonchev–Trinajstić information content (AvgIpc) is 3.28. The normalized spacial score (nSPS) is 11.0. The lowest BCUT2D eigenvalue weighted by Gasteiger charge is -2.02. The second-order valence-electron chi connectivity index (χ2n) is 5.50. The van der Waals surface area contributed by atoms with Crippen LogP contribution in [0.25, 0.3) is 22.8 Å². The molecule has 4 rings (SSSR count). The fourth-order valence-corrected chi connectivity index (χ4v) is 3.66. The smallest absolute Gasteiger partial charge is 0.248 e. The fraction of sp³-hybridized carbons (Fsp3) is 0.111. The largest absolute Gasteiger partial charge is 0.420 e. The number of aromatic nitrogens is 5. The summed E-state index contributed by atoms with van der Waals surface area (Å²) < 4.78 is 8.66. The number of benzene rings is 2. The van der Waals surface area contributed by atoms with Crippen molar-refractivity contribution >= 4 is 27.7 Å². The van der Waals surface area contributed by atoms with Gasteiger partial charge < -0.3 is 8.98 Å². The van der Waals surface area contributed by atoms with Gasteiger partial charge in [-0.2, -0.15) is 0 Å². The van der Waals surface area contributed by atoms with Gasteiger partial charge in [0.05, 0.1) is 11.3 Å². The molecule has 0 bridgehead atoms. The van der Waals surface area contributed by atoms with E-state index in [1.54, 1.807) is 0 Å². The third kappa shape index (κ3) is 3.42. The highest BCUT2D eigenvalue weighted by molar-refractivity contribution is 9.10. The maximum Gasteiger partial charge on any atom is 0.248 e. The first-order valence-electron chi connectivity index (χ1n) is 7.87. The molecule has 0 spiro atoms. The first-order chi connectivity index (χ1) is 12.7. The first kappa shape index (κ1) is 17.0. The number of nitrogens with zero attached hydrogens (tertiary/aromatic N) is 5. The van der Waals surface area contributed by atoms with Crippen LogP contribution >= 0.6 is 27.7 Å². The van der Waals surface area contributed by atoms with Crippen LogP contribution in [0.15, 0.2) is 68.6 Å². The third-order valence-electron chi connectivity index (χ3n) is 3.76. The Hall–Kier alpha value is -2.45. The Balaban J connectivity index is 1.49. The van der Waals surface area contributed by atoms with Gasteiger partial charge in [0.2, 0.25) is 11.8 Å². The van der Waals surface area contributed by atoms with E-state index in [-0.39, 0.29) is 0 Å². The van der Waals surface area contributed by atoms with Crippen molar-refractivity contribution in [2.24, 2.45) is 7.05 Å². The molecular formula is C18H14BrN5OS. The number of halogens is 1. The number of rotatable bonds is 5. The number of thioether (sulfide) groups is 1. The van der Waals surface area contributed by atoms with Crippen molar-refractivity contribution < 1.29 is 4.42 Å². The zero-order valence-corrected chi connectivity index (χ0v) is 16.2. The Labute approximate surface area is 162 Å². The highest BCUT2D eigenvalue weighted by Crippen LogP contribution is 2.29. The van der Waals surface area contributed by atoms with E-state index in [2.05, 4.69) is 36.3 Å². The van der Waals surface area contributed by atoms with Gasteiger partial charge in [0.25, 0.3) is 0 Å². The molecule has 0 aliphatic carbocycles. The summed E-state index contributed by atoms with van der Waals surface area (Å²) in [6.07, 6.45) is 0. The Morgan fingerprint density at radius 3 is 2.54 bits per heavy atom. The third-order valence-corrected chi connectivity index (χ3v) is 5.46. The van der Waals surface area contributed by atoms with Crippen molar-refractivity contribution in [3.05, 3.63) is 65.0 Å². The lowest BCUT2D eigenvalue weighted by molar-refractivity contribution is 0.528. The number of hydrogen-bond donors (Lipinski definition) is 0. The Kier molecular flexibility index (Phi) is 4.85. The molecule has 0 unspecified atom stereocenters. The summed E-state index contributed by atoms with van der Waals surface area (Å²) in [6, 6.07) is 17.7. The molecule has 0 aliphatic heterocycles. The summed E-state index contributed by atoms with van der Waals surface area (Å²) in [6.45, 7) is 0. The summed E-state index contributed by atoms with van der Waals surface area (Å²) in [5, 5.41) is 17.6. The minimum absolute atomic E-state index is 0.496. The molecule has 0 fully saturated rings. The van der Waals surface area contributed by atoms with Crippen LogP contribution in [0, 0.1) is 0 Å². The monoisotopic (exact) mass is 427 g/mol. The Bertz CT molecular complexity index is 1030. The van der Waals surface area contributed by atoms with E-state index < -0.39 is 0 Å². The highest BCUT2D eigenvalue weighted by atomic mass is 79.9. The molecule has 0 N–H and O–H groups in total. The zero-order chi connectivity index (χ0) is 17.9. The molecule has 6 nitrogen and oxygen atoms in total. The highest BCUT2D eigenvalue weighted by Gasteiger charge is 2.14. The second kappa shape index (κ2) is 7.43. The van der Waals surface area contributed by atoms with Crippen LogP contribution in [0.2, 0.25) is 0 Å². The molecule has 2 aromatic carbocycles. The van der Waals surface area contributed by atoms with Crippen LogP contribution in [0.3, 0.4) is 0 Å². The van der Waals surface area contributed by atoms with Crippen LogP contribution < -0.4 is 0 Å². The lowest BCUT2D eigenvalue weighted by atomic mass is 10.2. The predicted octanol–water partition coefficient (Wildman–Crippen LogP) is 4.59. The molecule has 8 heteroatoms. The van der Waals surface area contributed by atoms with Crippen LogP contribution in [0.4, 0.5) is 0 Å². The maximum absolute atomic E-state index is 5.77. The summed E-state index contributed by atoms with van der Waals surface area (Å²) in [4.78, 5) is 0. The maximum atomic E-state index is 5.77. The second-order valence-corrected chi connectivity index (χ2v) is 7.30. The molecule has 0 atom stereocenters. The lowest BCUT2D eigenvalue weighted by Crippen LogP contribution is -1.95. The van der Waals surface area contributed by atoms with Crippen LogP contribution in [-0.4, -0.2) is 25.0 Å². The standard InChI is InChI=1S/C18H14BrN5OS/c1-24-16(12-7-3-2-4-8-12)21-23-18(24)26-11-15-20-22-17(25-15)13-9-5-6-10-14(13)19/h2-10H,11H2,1H3. The molecule has 0 amide bonds. The van der Waals surface area contributed by atoms with Gasteiger partial charge in [-0.15, -0.1) is 20.4 Å². The van der Waals surface area contributed by atoms with E-state index in [9.17, 15) is 0 Å². The van der Waals surface area contributed by atoms with Crippen LogP contribution in [0.1, 0.15) is 5.89 Å². The van der Waals surface area contributed by atoms with E-state index >= 15 is 0 Å². The molecular weight excluding hydrogens is 414 g/mol. The molecule has 0 saturated heterocycles. The minimum Gasteiger partial charge on any atom is -0.420 e. The van der Waals surface area contributed by atoms with E-state index in [0.29, 0.717) is 17.5 Å². The predicted molar refractivity (Wildman–Crippen MR) is 103 cm³/mol. The SMILES string of the molecule is Cn1c(SCc2nnc(-c3ccccc3Br)o2)nnc1-c1ccccc1. The van der Waals surface area contributed by atoms with Gasteiger partial charge in [-0.05, 0) is 28.1 Å². The minimum atomic E-state index is 0.496. The molecule has 2 aromatic heterocycles. The van der Waals surface area contributed by atoms with Gasteiger partial charge in [0, 0.05) is 17.1 Å². The topological polar surface area (TPSA) is 69.6 Å². The number of hydrogen-bond acceptors (Lipinski definition) is 6. The van der Waals surface area contributed by atoms with Gasteiger partial charge in [-0.1, -0.05) is 54.2 Å². The van der Waals surface area contributed by atoms with Gasteiger partial charge in [0.15, 0.2) is 11.0 Å². The van der Waals surface area contributed by atoms with Gasteiger partial charge >= 0.3 is 0 Å². The molecule has 0 aliphatic rings. The average molecular weight is 428 g/mol. The van der Waals surface area contributed by atoms with Crippen LogP contribution in [-0.2, 0) is 12.8 Å². The van der Waals surface area contributed by atoms with E-state index in [0.717, 1.165) is 26.6 Å². The molecule has 26 heavy (non-hydrogen) atoms. The van der Waals surface area contributed by atoms with Gasteiger partial charge in [-0.25, -0.2) is 0 Å². The quantitative estimate of drug-likeness (QED) is 0.433. The summed E-state index contributed by atoms with van der Waals surface area (Å²) in [5.41, 5.74) is 1.91. The van der Waals surface area contributed by atoms with E-state index in [1.165, 1.54) is 11.8 Å². The molecule has 0 saturated carbocycles. The van der Waals surface area contributed by atoms with Crippen LogP contribution in [0.5, 0.6) is 0 Å².